The predicted molar refractivity (Wildman–Crippen MR) is 160 cm³/mol. The van der Waals surface area contributed by atoms with E-state index >= 15 is 0 Å². The van der Waals surface area contributed by atoms with Crippen molar-refractivity contribution < 1.29 is 19.1 Å². The third kappa shape index (κ3) is 6.14. The average Bonchev–Trinajstić information content (AvgIpc) is 2.99. The van der Waals surface area contributed by atoms with Gasteiger partial charge < -0.3 is 20.3 Å². The van der Waals surface area contributed by atoms with Crippen LogP contribution >= 0.6 is 0 Å². The minimum atomic E-state index is -0.734. The molecule has 2 N–H and O–H groups in total. The average molecular weight is 578 g/mol. The summed E-state index contributed by atoms with van der Waals surface area (Å²) in [6, 6.07) is 6.47. The number of benzene rings is 1. The topological polar surface area (TPSA) is 123 Å². The molecule has 10 nitrogen and oxygen atoms in total. The van der Waals surface area contributed by atoms with Crippen LogP contribution in [0.2, 0.25) is 0 Å². The summed E-state index contributed by atoms with van der Waals surface area (Å²) in [5, 5.41) is 11.8. The highest BCUT2D eigenvalue weighted by Gasteiger charge is 2.43. The number of likely N-dealkylation sites (tertiary alicyclic amines) is 1. The fourth-order valence-corrected chi connectivity index (χ4v) is 6.52. The number of allylic oxidation sites excluding steroid dienone is 2. The fourth-order valence-electron chi connectivity index (χ4n) is 6.52. The quantitative estimate of drug-likeness (QED) is 0.539. The molecule has 226 valence electrons. The molecule has 1 spiro atoms. The highest BCUT2D eigenvalue weighted by atomic mass is 16.5. The van der Waals surface area contributed by atoms with E-state index in [9.17, 15) is 19.2 Å². The number of fused-ring (bicyclic) bond motifs is 2. The number of nitrogens with one attached hydrogen (secondary N) is 2. The summed E-state index contributed by atoms with van der Waals surface area (Å²) in [5.41, 5.74) is -0.698. The first-order valence-corrected chi connectivity index (χ1v) is 15.4. The first kappa shape index (κ1) is 29.9. The number of hydrogen-bond donors (Lipinski definition) is 2. The van der Waals surface area contributed by atoms with Gasteiger partial charge >= 0.3 is 0 Å². The molecule has 2 aromatic rings. The van der Waals surface area contributed by atoms with Gasteiger partial charge in [0.1, 0.15) is 6.04 Å². The summed E-state index contributed by atoms with van der Waals surface area (Å²) >= 11 is 0. The summed E-state index contributed by atoms with van der Waals surface area (Å²) in [5.74, 6) is -0.0911. The van der Waals surface area contributed by atoms with Gasteiger partial charge in [-0.1, -0.05) is 44.2 Å². The van der Waals surface area contributed by atoms with E-state index in [2.05, 4.69) is 41.7 Å². The van der Waals surface area contributed by atoms with E-state index in [-0.39, 0.29) is 46.9 Å². The number of aryl methyl sites for hydroxylation is 1. The third-order valence-corrected chi connectivity index (χ3v) is 9.10. The van der Waals surface area contributed by atoms with E-state index in [4.69, 9.17) is 4.74 Å². The molecule has 2 fully saturated rings. The zero-order valence-corrected chi connectivity index (χ0v) is 24.9. The molecule has 4 heterocycles. The van der Waals surface area contributed by atoms with Crippen LogP contribution in [0.4, 0.5) is 0 Å². The Morgan fingerprint density at radius 3 is 2.55 bits per heavy atom. The molecule has 10 heteroatoms. The minimum Gasteiger partial charge on any atom is -0.381 e. The zero-order valence-electron chi connectivity index (χ0n) is 24.9. The molecule has 0 saturated carbocycles. The summed E-state index contributed by atoms with van der Waals surface area (Å²) < 4.78 is 7.05. The molecule has 42 heavy (non-hydrogen) atoms. The van der Waals surface area contributed by atoms with Crippen molar-refractivity contribution in [2.75, 3.05) is 26.3 Å². The smallest absolute Gasteiger partial charge is 0.274 e. The number of carbonyl (C=O) groups excluding carboxylic acids is 3. The standard InChI is InChI=1S/C32H43N5O5/c1-4-37-29(39)24-11-6-5-10-23(24)27(35-37)30(40)36-16-14-32(15-17-36)13-8-7-9-22-20-42-18-12-25(22)33-28(38)26(19-21(2)3)34-31(32)41/h5-8,10-11,21-22,25-26H,4,9,12-20H2,1-3H3,(H,33,38)(H,34,41)/b8-7+/t22-,25+,26+/m1/s1. The summed E-state index contributed by atoms with van der Waals surface area (Å²) in [4.78, 5) is 55.7. The molecule has 3 atom stereocenters. The lowest BCUT2D eigenvalue weighted by atomic mass is 9.74. The maximum atomic E-state index is 14.0. The monoisotopic (exact) mass is 577 g/mol. The van der Waals surface area contributed by atoms with Gasteiger partial charge in [0.25, 0.3) is 11.5 Å². The Balaban J connectivity index is 1.39. The Bertz CT molecular complexity index is 1410. The lowest BCUT2D eigenvalue weighted by Crippen LogP contribution is -2.57. The Morgan fingerprint density at radius 1 is 1.10 bits per heavy atom. The van der Waals surface area contributed by atoms with Crippen molar-refractivity contribution in [3.63, 3.8) is 0 Å². The lowest BCUT2D eigenvalue weighted by Gasteiger charge is -2.41. The molecular weight excluding hydrogens is 534 g/mol. The highest BCUT2D eigenvalue weighted by molar-refractivity contribution is 6.05. The molecule has 5 rings (SSSR count). The molecule has 1 aromatic carbocycles. The van der Waals surface area contributed by atoms with Crippen molar-refractivity contribution in [2.24, 2.45) is 17.3 Å². The molecule has 0 bridgehead atoms. The van der Waals surface area contributed by atoms with Gasteiger partial charge in [-0.15, -0.1) is 0 Å². The molecule has 3 aliphatic heterocycles. The van der Waals surface area contributed by atoms with Crippen LogP contribution in [0.3, 0.4) is 0 Å². The highest BCUT2D eigenvalue weighted by Crippen LogP contribution is 2.37. The minimum absolute atomic E-state index is 0.0249. The molecule has 3 amide bonds. The fraction of sp³-hybridized carbons (Fsp3) is 0.594. The maximum absolute atomic E-state index is 14.0. The van der Waals surface area contributed by atoms with Gasteiger partial charge in [0.2, 0.25) is 11.8 Å². The number of amides is 3. The van der Waals surface area contributed by atoms with Gasteiger partial charge in [-0.25, -0.2) is 4.68 Å². The first-order valence-electron chi connectivity index (χ1n) is 15.4. The SMILES string of the molecule is CCn1nc(C(=O)N2CCC3(C/C=C/C[C@@H]4COCC[C@@H]4NC(=O)[C@H](CC(C)C)NC3=O)CC2)c2ccccc2c1=O. The number of aromatic nitrogens is 2. The van der Waals surface area contributed by atoms with Gasteiger partial charge in [0, 0.05) is 43.6 Å². The maximum Gasteiger partial charge on any atom is 0.274 e. The number of hydrogen-bond acceptors (Lipinski definition) is 6. The van der Waals surface area contributed by atoms with Gasteiger partial charge in [0.05, 0.1) is 17.4 Å². The van der Waals surface area contributed by atoms with E-state index in [1.807, 2.05) is 6.92 Å². The number of rotatable bonds is 4. The van der Waals surface area contributed by atoms with Crippen molar-refractivity contribution in [2.45, 2.75) is 77.9 Å². The number of piperidine rings is 1. The van der Waals surface area contributed by atoms with E-state index in [1.54, 1.807) is 29.2 Å². The van der Waals surface area contributed by atoms with E-state index in [0.717, 1.165) is 12.8 Å². The zero-order chi connectivity index (χ0) is 29.9. The van der Waals surface area contributed by atoms with Crippen molar-refractivity contribution in [3.05, 3.63) is 52.5 Å². The summed E-state index contributed by atoms with van der Waals surface area (Å²) in [6.07, 6.45) is 7.76. The van der Waals surface area contributed by atoms with Crippen molar-refractivity contribution >= 4 is 28.5 Å². The normalized spacial score (nSPS) is 25.7. The Morgan fingerprint density at radius 2 is 1.83 bits per heavy atom. The third-order valence-electron chi connectivity index (χ3n) is 9.10. The van der Waals surface area contributed by atoms with Crippen molar-refractivity contribution in [1.82, 2.24) is 25.3 Å². The van der Waals surface area contributed by atoms with Gasteiger partial charge in [-0.05, 0) is 57.4 Å². The Labute approximate surface area is 246 Å². The second kappa shape index (κ2) is 12.8. The molecule has 3 aliphatic rings. The van der Waals surface area contributed by atoms with Crippen LogP contribution in [0.5, 0.6) is 0 Å². The molecule has 0 unspecified atom stereocenters. The van der Waals surface area contributed by atoms with Crippen molar-refractivity contribution in [1.29, 1.82) is 0 Å². The van der Waals surface area contributed by atoms with Crippen LogP contribution in [0, 0.1) is 17.3 Å². The number of carbonyl (C=O) groups is 3. The van der Waals surface area contributed by atoms with Crippen LogP contribution in [0.1, 0.15) is 69.8 Å². The van der Waals surface area contributed by atoms with Gasteiger partial charge in [-0.3, -0.25) is 19.2 Å². The second-order valence-corrected chi connectivity index (χ2v) is 12.4. The molecule has 2 saturated heterocycles. The Kier molecular flexibility index (Phi) is 9.11. The van der Waals surface area contributed by atoms with E-state index in [0.29, 0.717) is 69.3 Å². The van der Waals surface area contributed by atoms with Crippen LogP contribution in [-0.4, -0.2) is 70.8 Å². The van der Waals surface area contributed by atoms with Gasteiger partial charge in [0.15, 0.2) is 5.69 Å². The lowest BCUT2D eigenvalue weighted by molar-refractivity contribution is -0.138. The molecule has 1 aromatic heterocycles. The van der Waals surface area contributed by atoms with Crippen LogP contribution in [-0.2, 0) is 20.9 Å². The van der Waals surface area contributed by atoms with Crippen LogP contribution < -0.4 is 16.2 Å². The molecular formula is C32H43N5O5. The van der Waals surface area contributed by atoms with Gasteiger partial charge in [-0.2, -0.15) is 5.10 Å². The van der Waals surface area contributed by atoms with Crippen LogP contribution in [0.15, 0.2) is 41.2 Å². The van der Waals surface area contributed by atoms with E-state index < -0.39 is 11.5 Å². The molecule has 0 aliphatic carbocycles. The van der Waals surface area contributed by atoms with Crippen LogP contribution in [0.25, 0.3) is 10.8 Å². The largest absolute Gasteiger partial charge is 0.381 e. The number of ether oxygens (including phenoxy) is 1. The van der Waals surface area contributed by atoms with Crippen molar-refractivity contribution in [3.8, 4) is 0 Å². The summed E-state index contributed by atoms with van der Waals surface area (Å²) in [6.45, 7) is 8.26. The molecule has 0 radical (unpaired) electrons. The number of nitrogens with zero attached hydrogens (tertiary/aromatic N) is 3. The first-order chi connectivity index (χ1) is 20.2. The second-order valence-electron chi connectivity index (χ2n) is 12.4. The predicted octanol–water partition coefficient (Wildman–Crippen LogP) is 3.04. The van der Waals surface area contributed by atoms with E-state index in [1.165, 1.54) is 4.68 Å². The summed E-state index contributed by atoms with van der Waals surface area (Å²) in [7, 11) is 0. The Hall–Kier alpha value is -3.53.